The van der Waals surface area contributed by atoms with Crippen LogP contribution in [0, 0.1) is 0 Å². The van der Waals surface area contributed by atoms with Crippen LogP contribution < -0.4 is 0 Å². The number of hydrogen-bond acceptors (Lipinski definition) is 3. The first-order valence-electron chi connectivity index (χ1n) is 2.65. The summed E-state index contributed by atoms with van der Waals surface area (Å²) in [6, 6.07) is 0. The largest absolute Gasteiger partial charge is 0.143 e. The summed E-state index contributed by atoms with van der Waals surface area (Å²) in [5.41, 5.74) is 0. The molecule has 48 valence electrons. The maximum Gasteiger partial charge on any atom is 0.0658 e. The Morgan fingerprint density at radius 3 is 2.25 bits per heavy atom. The van der Waals surface area contributed by atoms with Gasteiger partial charge in [-0.15, -0.1) is 11.8 Å². The molecule has 8 heavy (non-hydrogen) atoms. The number of rotatable bonds is 0. The van der Waals surface area contributed by atoms with E-state index in [-0.39, 0.29) is 0 Å². The molecule has 0 amide bonds. The van der Waals surface area contributed by atoms with Crippen molar-refractivity contribution in [1.82, 2.24) is 0 Å². The van der Waals surface area contributed by atoms with E-state index in [2.05, 4.69) is 25.6 Å². The quantitative estimate of drug-likeness (QED) is 0.508. The van der Waals surface area contributed by atoms with Gasteiger partial charge < -0.3 is 0 Å². The maximum atomic E-state index is 2.29. The standard InChI is InChI=1S/C5H10S3/c1-5(2)6-3-4-7-8-5/h3-4H2,1-2H3. The van der Waals surface area contributed by atoms with Crippen LogP contribution in [0.1, 0.15) is 13.8 Å². The Morgan fingerprint density at radius 1 is 1.25 bits per heavy atom. The van der Waals surface area contributed by atoms with Crippen LogP contribution in [0.25, 0.3) is 0 Å². The normalized spacial score (nSPS) is 27.8. The highest BCUT2D eigenvalue weighted by Crippen LogP contribution is 2.47. The lowest BCUT2D eigenvalue weighted by Crippen LogP contribution is -2.12. The molecule has 0 spiro atoms. The van der Waals surface area contributed by atoms with Crippen molar-refractivity contribution in [3.05, 3.63) is 0 Å². The fourth-order valence-corrected chi connectivity index (χ4v) is 5.02. The van der Waals surface area contributed by atoms with Crippen molar-refractivity contribution in [2.45, 2.75) is 17.9 Å². The van der Waals surface area contributed by atoms with Gasteiger partial charge in [-0.05, 0) is 13.8 Å². The maximum absolute atomic E-state index is 2.29. The Morgan fingerprint density at radius 2 is 2.00 bits per heavy atom. The second kappa shape index (κ2) is 2.76. The molecular weight excluding hydrogens is 156 g/mol. The first kappa shape index (κ1) is 7.16. The smallest absolute Gasteiger partial charge is 0.0658 e. The molecule has 0 unspecified atom stereocenters. The van der Waals surface area contributed by atoms with E-state index in [4.69, 9.17) is 0 Å². The van der Waals surface area contributed by atoms with E-state index < -0.39 is 0 Å². The molecule has 0 bridgehead atoms. The van der Waals surface area contributed by atoms with Crippen molar-refractivity contribution in [2.24, 2.45) is 0 Å². The lowest BCUT2D eigenvalue weighted by Gasteiger charge is -2.26. The van der Waals surface area contributed by atoms with Gasteiger partial charge in [0.05, 0.1) is 4.08 Å². The molecule has 0 N–H and O–H groups in total. The average Bonchev–Trinajstić information content (AvgIpc) is 1.65. The highest BCUT2D eigenvalue weighted by atomic mass is 33.1. The van der Waals surface area contributed by atoms with Gasteiger partial charge in [0, 0.05) is 11.5 Å². The summed E-state index contributed by atoms with van der Waals surface area (Å²) in [4.78, 5) is 0. The molecular formula is C5H10S3. The Kier molecular flexibility index (Phi) is 2.47. The van der Waals surface area contributed by atoms with Gasteiger partial charge >= 0.3 is 0 Å². The molecule has 0 saturated carbocycles. The van der Waals surface area contributed by atoms with E-state index in [1.54, 1.807) is 0 Å². The van der Waals surface area contributed by atoms with E-state index in [1.807, 2.05) is 21.6 Å². The van der Waals surface area contributed by atoms with Crippen LogP contribution in [0.2, 0.25) is 0 Å². The fourth-order valence-electron chi connectivity index (χ4n) is 0.529. The molecule has 1 heterocycles. The van der Waals surface area contributed by atoms with Crippen molar-refractivity contribution < 1.29 is 0 Å². The van der Waals surface area contributed by atoms with Crippen molar-refractivity contribution in [2.75, 3.05) is 11.5 Å². The van der Waals surface area contributed by atoms with Gasteiger partial charge in [-0.2, -0.15) is 0 Å². The minimum atomic E-state index is 0.475. The third kappa shape index (κ3) is 2.11. The first-order valence-corrected chi connectivity index (χ1v) is 5.96. The first-order chi connectivity index (χ1) is 3.71. The molecule has 1 saturated heterocycles. The molecule has 1 aliphatic heterocycles. The summed E-state index contributed by atoms with van der Waals surface area (Å²) in [6.07, 6.45) is 0. The molecule has 0 aromatic rings. The summed E-state index contributed by atoms with van der Waals surface area (Å²) in [5.74, 6) is 2.64. The summed E-state index contributed by atoms with van der Waals surface area (Å²) in [6.45, 7) is 4.57. The molecule has 0 aromatic carbocycles. The zero-order chi connectivity index (χ0) is 6.04. The van der Waals surface area contributed by atoms with Crippen molar-refractivity contribution in [3.8, 4) is 0 Å². The fraction of sp³-hybridized carbons (Fsp3) is 1.00. The van der Waals surface area contributed by atoms with Gasteiger partial charge in [-0.1, -0.05) is 21.6 Å². The van der Waals surface area contributed by atoms with E-state index in [0.29, 0.717) is 4.08 Å². The van der Waals surface area contributed by atoms with Gasteiger partial charge in [0.2, 0.25) is 0 Å². The van der Waals surface area contributed by atoms with Crippen LogP contribution in [-0.2, 0) is 0 Å². The Balaban J connectivity index is 2.33. The van der Waals surface area contributed by atoms with Crippen LogP contribution in [0.5, 0.6) is 0 Å². The summed E-state index contributed by atoms with van der Waals surface area (Å²) in [7, 11) is 4.00. The van der Waals surface area contributed by atoms with Crippen LogP contribution >= 0.6 is 33.3 Å². The Bertz CT molecular complexity index is 71.7. The average molecular weight is 166 g/mol. The lowest BCUT2D eigenvalue weighted by atomic mass is 10.5. The third-order valence-corrected chi connectivity index (χ3v) is 6.15. The number of hydrogen-bond donors (Lipinski definition) is 0. The van der Waals surface area contributed by atoms with Crippen LogP contribution in [0.4, 0.5) is 0 Å². The molecule has 1 fully saturated rings. The molecule has 0 atom stereocenters. The molecule has 1 rings (SSSR count). The van der Waals surface area contributed by atoms with Crippen molar-refractivity contribution >= 4 is 33.3 Å². The van der Waals surface area contributed by atoms with Crippen LogP contribution in [-0.4, -0.2) is 15.6 Å². The van der Waals surface area contributed by atoms with E-state index in [9.17, 15) is 0 Å². The van der Waals surface area contributed by atoms with Crippen molar-refractivity contribution in [1.29, 1.82) is 0 Å². The molecule has 0 aliphatic carbocycles. The molecule has 1 aliphatic rings. The predicted octanol–water partition coefficient (Wildman–Crippen LogP) is 2.85. The van der Waals surface area contributed by atoms with Gasteiger partial charge in [-0.3, -0.25) is 0 Å². The highest BCUT2D eigenvalue weighted by molar-refractivity contribution is 8.79. The summed E-state index contributed by atoms with van der Waals surface area (Å²) >= 11 is 2.06. The van der Waals surface area contributed by atoms with Crippen LogP contribution in [0.15, 0.2) is 0 Å². The molecule has 0 nitrogen and oxygen atoms in total. The molecule has 0 aromatic heterocycles. The number of thioether (sulfide) groups is 1. The summed E-state index contributed by atoms with van der Waals surface area (Å²) in [5, 5.41) is 0. The summed E-state index contributed by atoms with van der Waals surface area (Å²) < 4.78 is 0.475. The molecule has 3 heteroatoms. The second-order valence-electron chi connectivity index (χ2n) is 2.15. The van der Waals surface area contributed by atoms with Crippen molar-refractivity contribution in [3.63, 3.8) is 0 Å². The van der Waals surface area contributed by atoms with Gasteiger partial charge in [0.1, 0.15) is 0 Å². The highest BCUT2D eigenvalue weighted by Gasteiger charge is 2.22. The van der Waals surface area contributed by atoms with Crippen LogP contribution in [0.3, 0.4) is 0 Å². The van der Waals surface area contributed by atoms with E-state index in [1.165, 1.54) is 11.5 Å². The lowest BCUT2D eigenvalue weighted by molar-refractivity contribution is 1.03. The van der Waals surface area contributed by atoms with E-state index in [0.717, 1.165) is 0 Å². The monoisotopic (exact) mass is 166 g/mol. The van der Waals surface area contributed by atoms with Gasteiger partial charge in [0.15, 0.2) is 0 Å². The minimum Gasteiger partial charge on any atom is -0.143 e. The minimum absolute atomic E-state index is 0.475. The predicted molar refractivity (Wildman–Crippen MR) is 46.6 cm³/mol. The van der Waals surface area contributed by atoms with E-state index >= 15 is 0 Å². The Labute approximate surface area is 63.0 Å². The third-order valence-electron chi connectivity index (χ3n) is 0.876. The molecule has 0 radical (unpaired) electrons. The van der Waals surface area contributed by atoms with Gasteiger partial charge in [0.25, 0.3) is 0 Å². The SMILES string of the molecule is CC1(C)SCCSS1. The zero-order valence-corrected chi connectivity index (χ0v) is 7.59. The Hall–Kier alpha value is 1.05. The van der Waals surface area contributed by atoms with Gasteiger partial charge in [-0.25, -0.2) is 0 Å². The second-order valence-corrected chi connectivity index (χ2v) is 7.17. The topological polar surface area (TPSA) is 0 Å². The zero-order valence-electron chi connectivity index (χ0n) is 5.14.